The molecule has 0 heterocycles. The Kier molecular flexibility index (Phi) is 15.6. The molecule has 0 saturated carbocycles. The van der Waals surface area contributed by atoms with Crippen LogP contribution in [0.5, 0.6) is 0 Å². The van der Waals surface area contributed by atoms with Crippen molar-refractivity contribution in [2.75, 3.05) is 0 Å². The molecule has 0 unspecified atom stereocenters. The Morgan fingerprint density at radius 2 is 0.958 bits per heavy atom. The van der Waals surface area contributed by atoms with E-state index in [1.165, 1.54) is 7.16 Å². The Balaban J connectivity index is 0. The summed E-state index contributed by atoms with van der Waals surface area (Å²) in [6.45, 7) is 17.3. The van der Waals surface area contributed by atoms with Gasteiger partial charge in [-0.1, -0.05) is 53.7 Å². The average molecular weight is 552 g/mol. The van der Waals surface area contributed by atoms with E-state index in [2.05, 4.69) is 125 Å². The molecule has 24 heavy (non-hydrogen) atoms. The van der Waals surface area contributed by atoms with E-state index >= 15 is 0 Å². The van der Waals surface area contributed by atoms with Crippen LogP contribution < -0.4 is 0 Å². The molecule has 0 rings (SSSR count). The largest absolute Gasteiger partial charge is 0.120 e. The fraction of sp³-hybridized carbons (Fsp3) is 0.636. The molecule has 0 aromatic heterocycles. The van der Waals surface area contributed by atoms with Crippen molar-refractivity contribution in [3.05, 3.63) is 19.3 Å². The van der Waals surface area contributed by atoms with Gasteiger partial charge in [-0.3, -0.25) is 0 Å². The quantitative estimate of drug-likeness (QED) is 0.234. The first kappa shape index (κ1) is 26.3. The highest BCUT2D eigenvalue weighted by atomic mass is 127. The Bertz CT molecular complexity index is 433. The van der Waals surface area contributed by atoms with Gasteiger partial charge in [0.1, 0.15) is 0 Å². The van der Waals surface area contributed by atoms with Crippen molar-refractivity contribution in [3.8, 4) is 24.7 Å². The van der Waals surface area contributed by atoms with Gasteiger partial charge in [-0.25, -0.2) is 0 Å². The maximum atomic E-state index is 5.37. The molecule has 0 aromatic carbocycles. The zero-order chi connectivity index (χ0) is 19.4. The van der Waals surface area contributed by atoms with Crippen LogP contribution in [-0.4, -0.2) is 0 Å². The van der Waals surface area contributed by atoms with Crippen molar-refractivity contribution in [1.29, 1.82) is 0 Å². The first-order valence-corrected chi connectivity index (χ1v) is 10.7. The van der Waals surface area contributed by atoms with E-state index in [0.717, 1.165) is 0 Å². The molecule has 0 amide bonds. The van der Waals surface area contributed by atoms with Crippen molar-refractivity contribution in [1.82, 2.24) is 0 Å². The van der Waals surface area contributed by atoms with Gasteiger partial charge in [0.25, 0.3) is 0 Å². The standard InChI is InChI=1S/2C11H17I/c2*1-6-8(2)11(5)9(3)7-10(4)12/h2*1,7-9,11H,2-5H3/b2*10-7+/t2*8-,9+,11-/m10/s1. The highest BCUT2D eigenvalue weighted by Crippen LogP contribution is 2.24. The maximum absolute atomic E-state index is 5.37. The molecule has 0 aromatic rings. The number of allylic oxidation sites excluding steroid dienone is 4. The SMILES string of the molecule is C#C[C@@H](C)[C@@H](C)[C@@H](C)/C=C(\C)I.C#C[C@H](C)[C@H](C)[C@H](C)/C=C(\C)I. The van der Waals surface area contributed by atoms with E-state index in [1.54, 1.807) is 0 Å². The Hall–Kier alpha value is 0.0600. The summed E-state index contributed by atoms with van der Waals surface area (Å²) in [5.74, 6) is 8.60. The van der Waals surface area contributed by atoms with E-state index in [0.29, 0.717) is 35.5 Å². The predicted octanol–water partition coefficient (Wildman–Crippen LogP) is 7.73. The van der Waals surface area contributed by atoms with Crippen LogP contribution >= 0.6 is 45.2 Å². The van der Waals surface area contributed by atoms with Crippen LogP contribution in [0.15, 0.2) is 19.3 Å². The van der Waals surface area contributed by atoms with E-state index in [-0.39, 0.29) is 0 Å². The summed E-state index contributed by atoms with van der Waals surface area (Å²) in [5.41, 5.74) is 0. The molecule has 0 spiro atoms. The lowest BCUT2D eigenvalue weighted by atomic mass is 9.85. The van der Waals surface area contributed by atoms with Crippen molar-refractivity contribution >= 4 is 45.2 Å². The second kappa shape index (κ2) is 14.3. The molecule has 0 fully saturated rings. The van der Waals surface area contributed by atoms with Crippen molar-refractivity contribution in [3.63, 3.8) is 0 Å². The number of terminal acetylenes is 2. The molecule has 0 bridgehead atoms. The lowest BCUT2D eigenvalue weighted by Gasteiger charge is -2.19. The summed E-state index contributed by atoms with van der Waals surface area (Å²) in [6, 6.07) is 0. The van der Waals surface area contributed by atoms with Gasteiger partial charge in [-0.2, -0.15) is 0 Å². The van der Waals surface area contributed by atoms with Crippen LogP contribution in [0.2, 0.25) is 0 Å². The van der Waals surface area contributed by atoms with Gasteiger partial charge >= 0.3 is 0 Å². The average Bonchev–Trinajstić information content (AvgIpc) is 2.50. The second-order valence-electron chi connectivity index (χ2n) is 6.85. The van der Waals surface area contributed by atoms with Crippen LogP contribution in [0.25, 0.3) is 0 Å². The molecule has 0 aliphatic carbocycles. The van der Waals surface area contributed by atoms with Crippen LogP contribution in [0.1, 0.15) is 55.4 Å². The Labute approximate surface area is 179 Å². The zero-order valence-corrected chi connectivity index (χ0v) is 20.8. The minimum atomic E-state index is 0.368. The highest BCUT2D eigenvalue weighted by molar-refractivity contribution is 14.1. The first-order chi connectivity index (χ1) is 11.0. The van der Waals surface area contributed by atoms with Gasteiger partial charge in [0.15, 0.2) is 0 Å². The Morgan fingerprint density at radius 1 is 0.708 bits per heavy atom. The fourth-order valence-electron chi connectivity index (χ4n) is 2.24. The van der Waals surface area contributed by atoms with Gasteiger partial charge in [0.2, 0.25) is 0 Å². The van der Waals surface area contributed by atoms with Crippen molar-refractivity contribution in [2.45, 2.75) is 55.4 Å². The monoisotopic (exact) mass is 552 g/mol. The molecule has 136 valence electrons. The third-order valence-corrected chi connectivity index (χ3v) is 5.47. The Morgan fingerprint density at radius 3 is 1.12 bits per heavy atom. The van der Waals surface area contributed by atoms with E-state index < -0.39 is 0 Å². The van der Waals surface area contributed by atoms with Gasteiger partial charge in [-0.05, 0) is 89.9 Å². The van der Waals surface area contributed by atoms with Crippen LogP contribution in [0.3, 0.4) is 0 Å². The molecule has 0 nitrogen and oxygen atoms in total. The number of rotatable bonds is 6. The maximum Gasteiger partial charge on any atom is 0.0203 e. The number of hydrogen-bond acceptors (Lipinski definition) is 0. The third-order valence-electron chi connectivity index (χ3n) is 4.75. The zero-order valence-electron chi connectivity index (χ0n) is 16.5. The van der Waals surface area contributed by atoms with Gasteiger partial charge in [0, 0.05) is 11.8 Å². The summed E-state index contributed by atoms with van der Waals surface area (Å²) < 4.78 is 2.69. The summed E-state index contributed by atoms with van der Waals surface area (Å²) in [7, 11) is 0. The first-order valence-electron chi connectivity index (χ1n) is 8.57. The van der Waals surface area contributed by atoms with E-state index in [1.807, 2.05) is 0 Å². The third kappa shape index (κ3) is 12.4. The number of halogens is 2. The van der Waals surface area contributed by atoms with E-state index in [9.17, 15) is 0 Å². The van der Waals surface area contributed by atoms with Crippen LogP contribution in [0, 0.1) is 60.2 Å². The molecule has 0 N–H and O–H groups in total. The smallest absolute Gasteiger partial charge is 0.0203 e. The summed E-state index contributed by atoms with van der Waals surface area (Å²) in [4.78, 5) is 0. The highest BCUT2D eigenvalue weighted by Gasteiger charge is 2.15. The van der Waals surface area contributed by atoms with Gasteiger partial charge in [-0.15, -0.1) is 24.7 Å². The molecule has 0 radical (unpaired) electrons. The molecule has 6 atom stereocenters. The molecule has 0 aliphatic rings. The molecular formula is C22H34I2. The second-order valence-corrected chi connectivity index (χ2v) is 10.3. The minimum Gasteiger partial charge on any atom is -0.120 e. The van der Waals surface area contributed by atoms with Crippen molar-refractivity contribution in [2.24, 2.45) is 35.5 Å². The number of hydrogen-bond donors (Lipinski definition) is 0. The molecule has 2 heteroatoms. The van der Waals surface area contributed by atoms with E-state index in [4.69, 9.17) is 12.8 Å². The van der Waals surface area contributed by atoms with Crippen LogP contribution in [-0.2, 0) is 0 Å². The predicted molar refractivity (Wildman–Crippen MR) is 128 cm³/mol. The van der Waals surface area contributed by atoms with Crippen LogP contribution in [0.4, 0.5) is 0 Å². The van der Waals surface area contributed by atoms with Crippen molar-refractivity contribution < 1.29 is 0 Å². The van der Waals surface area contributed by atoms with Gasteiger partial charge < -0.3 is 0 Å². The lowest BCUT2D eigenvalue weighted by Crippen LogP contribution is -2.13. The molecule has 0 saturated heterocycles. The minimum absolute atomic E-state index is 0.368. The normalized spacial score (nSPS) is 19.5. The topological polar surface area (TPSA) is 0 Å². The summed E-state index contributed by atoms with van der Waals surface area (Å²) in [5, 5.41) is 0. The summed E-state index contributed by atoms with van der Waals surface area (Å²) in [6.07, 6.45) is 15.3. The lowest BCUT2D eigenvalue weighted by molar-refractivity contribution is 0.381. The molecule has 0 aliphatic heterocycles. The fourth-order valence-corrected chi connectivity index (χ4v) is 3.38. The summed E-state index contributed by atoms with van der Waals surface area (Å²) >= 11 is 4.67. The van der Waals surface area contributed by atoms with Gasteiger partial charge in [0.05, 0.1) is 0 Å². The molecular weight excluding hydrogens is 518 g/mol.